The van der Waals surface area contributed by atoms with Crippen LogP contribution in [0.4, 0.5) is 0 Å². The van der Waals surface area contributed by atoms with Crippen molar-refractivity contribution in [3.8, 4) is 11.1 Å². The number of rotatable bonds is 12. The summed E-state index contributed by atoms with van der Waals surface area (Å²) in [5, 5.41) is 5.35. The first-order valence-electron chi connectivity index (χ1n) is 17.5. The summed E-state index contributed by atoms with van der Waals surface area (Å²) >= 11 is 0. The number of benzene rings is 5. The predicted octanol–water partition coefficient (Wildman–Crippen LogP) is 7.60. The summed E-state index contributed by atoms with van der Waals surface area (Å²) < 4.78 is 0. The molecule has 0 saturated carbocycles. The first-order chi connectivity index (χ1) is 23.9. The van der Waals surface area contributed by atoms with Gasteiger partial charge in [0.2, 0.25) is 5.91 Å². The molecule has 1 atom stereocenters. The van der Waals surface area contributed by atoms with Gasteiger partial charge < -0.3 is 15.1 Å². The van der Waals surface area contributed by atoms with Gasteiger partial charge in [-0.15, -0.1) is 0 Å². The Morgan fingerprint density at radius 2 is 1.51 bits per heavy atom. The molecule has 6 nitrogen and oxygen atoms in total. The van der Waals surface area contributed by atoms with Crippen molar-refractivity contribution in [2.75, 3.05) is 40.3 Å². The summed E-state index contributed by atoms with van der Waals surface area (Å²) in [7, 11) is 3.99. The molecule has 6 rings (SSSR count). The number of hydrogen-bond donors (Lipinski definition) is 1. The number of likely N-dealkylation sites (tertiary alicyclic amines) is 1. The molecule has 1 unspecified atom stereocenters. The molecular formula is C43H48N4O2. The summed E-state index contributed by atoms with van der Waals surface area (Å²) in [6, 6.07) is 41.4. The second kappa shape index (κ2) is 16.1. The van der Waals surface area contributed by atoms with E-state index in [1.54, 1.807) is 0 Å². The zero-order valence-corrected chi connectivity index (χ0v) is 29.0. The molecule has 2 amide bonds. The monoisotopic (exact) mass is 652 g/mol. The summed E-state index contributed by atoms with van der Waals surface area (Å²) in [5.41, 5.74) is 5.97. The summed E-state index contributed by atoms with van der Waals surface area (Å²) in [6.45, 7) is 6.33. The van der Waals surface area contributed by atoms with E-state index >= 15 is 0 Å². The van der Waals surface area contributed by atoms with Crippen LogP contribution >= 0.6 is 0 Å². The minimum Gasteiger partial charge on any atom is -0.351 e. The molecule has 6 heteroatoms. The van der Waals surface area contributed by atoms with Crippen molar-refractivity contribution in [1.82, 2.24) is 20.0 Å². The Labute approximate surface area is 291 Å². The molecule has 1 aliphatic heterocycles. The van der Waals surface area contributed by atoms with E-state index in [0.29, 0.717) is 18.5 Å². The maximum Gasteiger partial charge on any atom is 0.251 e. The highest BCUT2D eigenvalue weighted by molar-refractivity contribution is 6.01. The van der Waals surface area contributed by atoms with Crippen LogP contribution in [0.25, 0.3) is 21.9 Å². The Morgan fingerprint density at radius 1 is 0.816 bits per heavy atom. The molecule has 1 heterocycles. The third kappa shape index (κ3) is 8.45. The predicted molar refractivity (Wildman–Crippen MR) is 200 cm³/mol. The molecule has 0 spiro atoms. The molecule has 1 fully saturated rings. The standard InChI is InChI=1S/C43H48N4O2/c1-32(35-17-12-18-36(29-35)40-21-9-10-22-41(40)43(49)44-25-28-45(2)3)47(38-23-26-46(27-24-38)31-33-13-5-4-6-14-33)42(48)30-37-19-11-16-34-15-7-8-20-39(34)37/h4-22,29,32,38H,23-28,30-31H2,1-3H3,(H,44,49). The van der Waals surface area contributed by atoms with Gasteiger partial charge in [0.05, 0.1) is 12.5 Å². The molecule has 1 saturated heterocycles. The second-order valence-corrected chi connectivity index (χ2v) is 13.5. The second-order valence-electron chi connectivity index (χ2n) is 13.5. The van der Waals surface area contributed by atoms with Crippen LogP contribution in [-0.4, -0.2) is 72.8 Å². The van der Waals surface area contributed by atoms with Crippen LogP contribution in [-0.2, 0) is 17.8 Å². The van der Waals surface area contributed by atoms with E-state index < -0.39 is 0 Å². The number of nitrogens with zero attached hydrogens (tertiary/aromatic N) is 3. The first kappa shape index (κ1) is 34.1. The van der Waals surface area contributed by atoms with Crippen molar-refractivity contribution in [2.45, 2.75) is 44.8 Å². The molecule has 49 heavy (non-hydrogen) atoms. The maximum absolute atomic E-state index is 14.5. The number of fused-ring (bicyclic) bond motifs is 1. The molecule has 252 valence electrons. The Morgan fingerprint density at radius 3 is 2.31 bits per heavy atom. The lowest BCUT2D eigenvalue weighted by Crippen LogP contribution is -2.48. The van der Waals surface area contributed by atoms with Crippen LogP contribution in [0, 0.1) is 0 Å². The van der Waals surface area contributed by atoms with Gasteiger partial charge in [-0.2, -0.15) is 0 Å². The number of carbonyl (C=O) groups excluding carboxylic acids is 2. The highest BCUT2D eigenvalue weighted by atomic mass is 16.2. The zero-order valence-electron chi connectivity index (χ0n) is 29.0. The van der Waals surface area contributed by atoms with Crippen molar-refractivity contribution in [2.24, 2.45) is 0 Å². The molecule has 1 N–H and O–H groups in total. The van der Waals surface area contributed by atoms with E-state index in [4.69, 9.17) is 0 Å². The zero-order chi connectivity index (χ0) is 34.2. The van der Waals surface area contributed by atoms with E-state index in [0.717, 1.165) is 72.0 Å². The number of carbonyl (C=O) groups is 2. The lowest BCUT2D eigenvalue weighted by atomic mass is 9.93. The average Bonchev–Trinajstić information content (AvgIpc) is 3.13. The van der Waals surface area contributed by atoms with Crippen LogP contribution < -0.4 is 5.32 Å². The van der Waals surface area contributed by atoms with E-state index in [1.807, 2.05) is 50.5 Å². The Kier molecular flexibility index (Phi) is 11.2. The van der Waals surface area contributed by atoms with Crippen LogP contribution in [0.15, 0.2) is 121 Å². The third-order valence-electron chi connectivity index (χ3n) is 9.82. The molecular weight excluding hydrogens is 604 g/mol. The average molecular weight is 653 g/mol. The number of amides is 2. The van der Waals surface area contributed by atoms with Crippen molar-refractivity contribution in [3.63, 3.8) is 0 Å². The van der Waals surface area contributed by atoms with Gasteiger partial charge in [0.15, 0.2) is 0 Å². The van der Waals surface area contributed by atoms with Crippen LogP contribution in [0.5, 0.6) is 0 Å². The largest absolute Gasteiger partial charge is 0.351 e. The van der Waals surface area contributed by atoms with Gasteiger partial charge in [0.1, 0.15) is 0 Å². The third-order valence-corrected chi connectivity index (χ3v) is 9.82. The highest BCUT2D eigenvalue weighted by Crippen LogP contribution is 2.33. The van der Waals surface area contributed by atoms with Gasteiger partial charge in [0, 0.05) is 44.3 Å². The molecule has 0 radical (unpaired) electrons. The summed E-state index contributed by atoms with van der Waals surface area (Å²) in [5.74, 6) is 0.0708. The van der Waals surface area contributed by atoms with E-state index in [1.165, 1.54) is 5.56 Å². The fourth-order valence-corrected chi connectivity index (χ4v) is 7.18. The molecule has 5 aromatic carbocycles. The fraction of sp³-hybridized carbons (Fsp3) is 0.302. The van der Waals surface area contributed by atoms with Crippen LogP contribution in [0.3, 0.4) is 0 Å². The van der Waals surface area contributed by atoms with E-state index in [9.17, 15) is 9.59 Å². The van der Waals surface area contributed by atoms with Crippen molar-refractivity contribution >= 4 is 22.6 Å². The van der Waals surface area contributed by atoms with Gasteiger partial charge in [-0.3, -0.25) is 14.5 Å². The lowest BCUT2D eigenvalue weighted by molar-refractivity contribution is -0.136. The van der Waals surface area contributed by atoms with Gasteiger partial charge in [-0.1, -0.05) is 109 Å². The maximum atomic E-state index is 14.5. The summed E-state index contributed by atoms with van der Waals surface area (Å²) in [4.78, 5) is 34.5. The topological polar surface area (TPSA) is 55.9 Å². The molecule has 0 bridgehead atoms. The number of piperidine rings is 1. The number of hydrogen-bond acceptors (Lipinski definition) is 4. The fourth-order valence-electron chi connectivity index (χ4n) is 7.18. The number of likely N-dealkylation sites (N-methyl/N-ethyl adjacent to an activating group) is 1. The van der Waals surface area contributed by atoms with E-state index in [2.05, 4.69) is 112 Å². The molecule has 1 aliphatic rings. The van der Waals surface area contributed by atoms with Gasteiger partial charge >= 0.3 is 0 Å². The minimum absolute atomic E-state index is 0.0787. The van der Waals surface area contributed by atoms with Crippen LogP contribution in [0.1, 0.15) is 52.9 Å². The first-order valence-corrected chi connectivity index (χ1v) is 17.5. The lowest BCUT2D eigenvalue weighted by Gasteiger charge is -2.42. The van der Waals surface area contributed by atoms with Crippen molar-refractivity contribution in [3.05, 3.63) is 144 Å². The molecule has 0 aliphatic carbocycles. The van der Waals surface area contributed by atoms with E-state index in [-0.39, 0.29) is 23.9 Å². The van der Waals surface area contributed by atoms with Crippen molar-refractivity contribution < 1.29 is 9.59 Å². The van der Waals surface area contributed by atoms with Crippen molar-refractivity contribution in [1.29, 1.82) is 0 Å². The highest BCUT2D eigenvalue weighted by Gasteiger charge is 2.32. The van der Waals surface area contributed by atoms with Gasteiger partial charge in [0.25, 0.3) is 5.91 Å². The minimum atomic E-state index is -0.144. The van der Waals surface area contributed by atoms with Gasteiger partial charge in [-0.05, 0) is 84.6 Å². The quantitative estimate of drug-likeness (QED) is 0.151. The number of nitrogens with one attached hydrogen (secondary N) is 1. The molecule has 0 aromatic heterocycles. The molecule has 5 aromatic rings. The smallest absolute Gasteiger partial charge is 0.251 e. The normalized spacial score (nSPS) is 14.5. The van der Waals surface area contributed by atoms with Crippen LogP contribution in [0.2, 0.25) is 0 Å². The van der Waals surface area contributed by atoms with Gasteiger partial charge in [-0.25, -0.2) is 0 Å². The Bertz CT molecular complexity index is 1860. The Hall–Kier alpha value is -4.78. The SMILES string of the molecule is CC(c1cccc(-c2ccccc2C(=O)NCCN(C)C)c1)N(C(=O)Cc1cccc2ccccc12)C1CCN(Cc2ccccc2)CC1. The Balaban J connectivity index is 1.27. The summed E-state index contributed by atoms with van der Waals surface area (Å²) in [6.07, 6.45) is 2.20.